The fourth-order valence-corrected chi connectivity index (χ4v) is 4.13. The van der Waals surface area contributed by atoms with Crippen LogP contribution < -0.4 is 10.6 Å². The van der Waals surface area contributed by atoms with Crippen LogP contribution in [0.25, 0.3) is 0 Å². The first-order chi connectivity index (χ1) is 13.2. The van der Waals surface area contributed by atoms with Crippen molar-refractivity contribution in [2.45, 2.75) is 25.3 Å². The predicted molar refractivity (Wildman–Crippen MR) is 104 cm³/mol. The standard InChI is InChI=1S/C20H18N4O2S/c25-18(13-6-2-1-3-7-13)24-20-23-17-15(9-10-16(17)27-20)19(26)22-12-14-8-4-5-11-21-14/h1-8,11,15H,9-10,12H2,(H,22,26)(H,23,24,25)/t15-/m1/s1. The number of hydrogen-bond donors (Lipinski definition) is 2. The van der Waals surface area contributed by atoms with Gasteiger partial charge in [0.2, 0.25) is 5.91 Å². The van der Waals surface area contributed by atoms with E-state index in [9.17, 15) is 9.59 Å². The maximum Gasteiger partial charge on any atom is 0.257 e. The second-order valence-corrected chi connectivity index (χ2v) is 7.36. The highest BCUT2D eigenvalue weighted by molar-refractivity contribution is 7.16. The van der Waals surface area contributed by atoms with Crippen molar-refractivity contribution in [3.63, 3.8) is 0 Å². The summed E-state index contributed by atoms with van der Waals surface area (Å²) < 4.78 is 0. The second kappa shape index (κ2) is 7.67. The van der Waals surface area contributed by atoms with Crippen LogP contribution in [0.15, 0.2) is 54.7 Å². The highest BCUT2D eigenvalue weighted by atomic mass is 32.1. The first kappa shape index (κ1) is 17.4. The van der Waals surface area contributed by atoms with Crippen molar-refractivity contribution in [2.75, 3.05) is 5.32 Å². The van der Waals surface area contributed by atoms with Crippen LogP contribution in [0.2, 0.25) is 0 Å². The Morgan fingerprint density at radius 2 is 1.93 bits per heavy atom. The summed E-state index contributed by atoms with van der Waals surface area (Å²) in [6.07, 6.45) is 3.25. The van der Waals surface area contributed by atoms with Crippen molar-refractivity contribution in [3.05, 3.63) is 76.6 Å². The van der Waals surface area contributed by atoms with Crippen molar-refractivity contribution >= 4 is 28.3 Å². The Labute approximate surface area is 160 Å². The molecule has 0 aliphatic heterocycles. The average molecular weight is 378 g/mol. The van der Waals surface area contributed by atoms with Crippen LogP contribution in [0.3, 0.4) is 0 Å². The summed E-state index contributed by atoms with van der Waals surface area (Å²) in [5, 5.41) is 6.30. The fourth-order valence-electron chi connectivity index (χ4n) is 3.10. The molecule has 0 unspecified atom stereocenters. The quantitative estimate of drug-likeness (QED) is 0.714. The third-order valence-corrected chi connectivity index (χ3v) is 5.51. The van der Waals surface area contributed by atoms with Crippen LogP contribution in [-0.4, -0.2) is 21.8 Å². The van der Waals surface area contributed by atoms with E-state index in [0.29, 0.717) is 17.2 Å². The minimum absolute atomic E-state index is 0.0503. The number of nitrogens with one attached hydrogen (secondary N) is 2. The van der Waals surface area contributed by atoms with E-state index in [2.05, 4.69) is 20.6 Å². The zero-order valence-electron chi connectivity index (χ0n) is 14.5. The molecular formula is C20H18N4O2S. The molecule has 136 valence electrons. The zero-order chi connectivity index (χ0) is 18.6. The Hall–Kier alpha value is -3.06. The second-order valence-electron chi connectivity index (χ2n) is 6.28. The molecule has 3 aromatic rings. The van der Waals surface area contributed by atoms with Crippen molar-refractivity contribution < 1.29 is 9.59 Å². The van der Waals surface area contributed by atoms with E-state index in [4.69, 9.17) is 0 Å². The van der Waals surface area contributed by atoms with Gasteiger partial charge in [-0.25, -0.2) is 4.98 Å². The summed E-state index contributed by atoms with van der Waals surface area (Å²) in [4.78, 5) is 34.7. The van der Waals surface area contributed by atoms with Crippen LogP contribution in [0.4, 0.5) is 5.13 Å². The van der Waals surface area contributed by atoms with Crippen molar-refractivity contribution in [1.29, 1.82) is 0 Å². The number of aromatic nitrogens is 2. The largest absolute Gasteiger partial charge is 0.350 e. The lowest BCUT2D eigenvalue weighted by molar-refractivity contribution is -0.122. The molecule has 0 fully saturated rings. The van der Waals surface area contributed by atoms with E-state index in [1.54, 1.807) is 18.3 Å². The molecule has 1 aliphatic carbocycles. The van der Waals surface area contributed by atoms with Gasteiger partial charge in [0.1, 0.15) is 0 Å². The molecule has 4 rings (SSSR count). The van der Waals surface area contributed by atoms with E-state index < -0.39 is 0 Å². The molecule has 1 aromatic carbocycles. The van der Waals surface area contributed by atoms with Crippen LogP contribution in [0, 0.1) is 0 Å². The van der Waals surface area contributed by atoms with E-state index in [1.165, 1.54) is 11.3 Å². The molecule has 0 saturated heterocycles. The van der Waals surface area contributed by atoms with Crippen LogP contribution in [-0.2, 0) is 17.8 Å². The van der Waals surface area contributed by atoms with E-state index in [-0.39, 0.29) is 17.7 Å². The molecule has 2 heterocycles. The number of hydrogen-bond acceptors (Lipinski definition) is 5. The Kier molecular flexibility index (Phi) is 4.93. The molecule has 0 bridgehead atoms. The third-order valence-electron chi connectivity index (χ3n) is 4.46. The van der Waals surface area contributed by atoms with Crippen LogP contribution in [0.5, 0.6) is 0 Å². The van der Waals surface area contributed by atoms with Crippen molar-refractivity contribution in [1.82, 2.24) is 15.3 Å². The minimum atomic E-state index is -0.276. The molecule has 0 saturated carbocycles. The Morgan fingerprint density at radius 1 is 1.11 bits per heavy atom. The first-order valence-corrected chi connectivity index (χ1v) is 9.56. The van der Waals surface area contributed by atoms with E-state index in [0.717, 1.165) is 29.1 Å². The number of fused-ring (bicyclic) bond motifs is 1. The van der Waals surface area contributed by atoms with E-state index in [1.807, 2.05) is 36.4 Å². The number of anilines is 1. The fraction of sp³-hybridized carbons (Fsp3) is 0.200. The summed E-state index contributed by atoms with van der Waals surface area (Å²) in [5.41, 5.74) is 2.18. The number of carbonyl (C=O) groups excluding carboxylic acids is 2. The van der Waals surface area contributed by atoms with Gasteiger partial charge in [-0.05, 0) is 37.1 Å². The lowest BCUT2D eigenvalue weighted by Gasteiger charge is -2.10. The van der Waals surface area contributed by atoms with Gasteiger partial charge in [-0.1, -0.05) is 24.3 Å². The lowest BCUT2D eigenvalue weighted by atomic mass is 10.1. The molecule has 0 spiro atoms. The molecular weight excluding hydrogens is 360 g/mol. The number of nitrogens with zero attached hydrogens (tertiary/aromatic N) is 2. The summed E-state index contributed by atoms with van der Waals surface area (Å²) >= 11 is 1.45. The molecule has 6 nitrogen and oxygen atoms in total. The molecule has 1 atom stereocenters. The van der Waals surface area contributed by atoms with Gasteiger partial charge in [0.05, 0.1) is 23.9 Å². The smallest absolute Gasteiger partial charge is 0.257 e. The number of amides is 2. The maximum absolute atomic E-state index is 12.6. The highest BCUT2D eigenvalue weighted by Gasteiger charge is 2.32. The topological polar surface area (TPSA) is 84.0 Å². The zero-order valence-corrected chi connectivity index (χ0v) is 15.3. The number of aryl methyl sites for hydroxylation is 1. The number of pyridine rings is 1. The highest BCUT2D eigenvalue weighted by Crippen LogP contribution is 2.38. The van der Waals surface area contributed by atoms with Gasteiger partial charge in [-0.15, -0.1) is 11.3 Å². The maximum atomic E-state index is 12.6. The molecule has 2 amide bonds. The van der Waals surface area contributed by atoms with E-state index >= 15 is 0 Å². The number of carbonyl (C=O) groups is 2. The molecule has 7 heteroatoms. The number of thiazole rings is 1. The van der Waals surface area contributed by atoms with Gasteiger partial charge < -0.3 is 5.32 Å². The minimum Gasteiger partial charge on any atom is -0.350 e. The van der Waals surface area contributed by atoms with Gasteiger partial charge in [-0.2, -0.15) is 0 Å². The molecule has 2 aromatic heterocycles. The first-order valence-electron chi connectivity index (χ1n) is 8.74. The Balaban J connectivity index is 1.41. The summed E-state index contributed by atoms with van der Waals surface area (Å²) in [7, 11) is 0. The van der Waals surface area contributed by atoms with Gasteiger partial charge >= 0.3 is 0 Å². The van der Waals surface area contributed by atoms with Gasteiger partial charge in [-0.3, -0.25) is 19.9 Å². The molecule has 27 heavy (non-hydrogen) atoms. The average Bonchev–Trinajstić information content (AvgIpc) is 3.27. The summed E-state index contributed by atoms with van der Waals surface area (Å²) in [5.74, 6) is -0.521. The lowest BCUT2D eigenvalue weighted by Crippen LogP contribution is -2.28. The molecule has 1 aliphatic rings. The van der Waals surface area contributed by atoms with Crippen molar-refractivity contribution in [2.24, 2.45) is 0 Å². The number of benzene rings is 1. The van der Waals surface area contributed by atoms with Crippen LogP contribution >= 0.6 is 11.3 Å². The van der Waals surface area contributed by atoms with Crippen LogP contribution in [0.1, 0.15) is 39.0 Å². The SMILES string of the molecule is O=C(Nc1nc2c(s1)CC[C@H]2C(=O)NCc1ccccn1)c1ccccc1. The number of rotatable bonds is 5. The monoisotopic (exact) mass is 378 g/mol. The predicted octanol–water partition coefficient (Wildman–Crippen LogP) is 3.14. The summed E-state index contributed by atoms with van der Waals surface area (Å²) in [6, 6.07) is 14.6. The van der Waals surface area contributed by atoms with Gasteiger partial charge in [0, 0.05) is 16.6 Å². The normalized spacial score (nSPS) is 15.2. The summed E-state index contributed by atoms with van der Waals surface area (Å²) in [6.45, 7) is 0.396. The Bertz CT molecular complexity index is 957. The van der Waals surface area contributed by atoms with Gasteiger partial charge in [0.15, 0.2) is 5.13 Å². The Morgan fingerprint density at radius 3 is 2.70 bits per heavy atom. The molecule has 2 N–H and O–H groups in total. The third kappa shape index (κ3) is 3.88. The molecule has 0 radical (unpaired) electrons. The van der Waals surface area contributed by atoms with Crippen molar-refractivity contribution in [3.8, 4) is 0 Å². The van der Waals surface area contributed by atoms with Gasteiger partial charge in [0.25, 0.3) is 5.91 Å².